The van der Waals surface area contributed by atoms with Gasteiger partial charge in [0.15, 0.2) is 0 Å². The standard InChI is InChI=1S/C15H22ClNO2S/c1-15(2)5-6-20-9-14(15)17-11-7-10(16)12(18-3)8-13(11)19-4/h7-8,14,17H,5-6,9H2,1-4H3. The van der Waals surface area contributed by atoms with Crippen LogP contribution < -0.4 is 14.8 Å². The summed E-state index contributed by atoms with van der Waals surface area (Å²) in [6, 6.07) is 4.11. The molecule has 0 radical (unpaired) electrons. The minimum absolute atomic E-state index is 0.267. The first-order chi connectivity index (χ1) is 9.47. The Morgan fingerprint density at radius 2 is 1.95 bits per heavy atom. The maximum atomic E-state index is 6.22. The third-order valence-electron chi connectivity index (χ3n) is 3.92. The van der Waals surface area contributed by atoms with Gasteiger partial charge in [-0.3, -0.25) is 0 Å². The molecular formula is C15H22ClNO2S. The molecule has 1 heterocycles. The number of methoxy groups -OCH3 is 2. The van der Waals surface area contributed by atoms with E-state index in [-0.39, 0.29) is 5.41 Å². The summed E-state index contributed by atoms with van der Waals surface area (Å²) in [5.74, 6) is 3.72. The van der Waals surface area contributed by atoms with E-state index in [0.717, 1.165) is 17.2 Å². The number of benzene rings is 1. The summed E-state index contributed by atoms with van der Waals surface area (Å²) in [6.07, 6.45) is 1.21. The maximum absolute atomic E-state index is 6.22. The predicted molar refractivity (Wildman–Crippen MR) is 87.7 cm³/mol. The molecule has 1 aliphatic rings. The first-order valence-electron chi connectivity index (χ1n) is 6.73. The molecule has 5 heteroatoms. The second-order valence-electron chi connectivity index (χ2n) is 5.70. The maximum Gasteiger partial charge on any atom is 0.145 e. The fraction of sp³-hybridized carbons (Fsp3) is 0.600. The van der Waals surface area contributed by atoms with E-state index in [1.807, 2.05) is 23.9 Å². The van der Waals surface area contributed by atoms with Gasteiger partial charge in [0.05, 0.1) is 24.9 Å². The van der Waals surface area contributed by atoms with Crippen LogP contribution in [0.4, 0.5) is 5.69 Å². The van der Waals surface area contributed by atoms with Crippen molar-refractivity contribution in [2.24, 2.45) is 5.41 Å². The summed E-state index contributed by atoms with van der Waals surface area (Å²) in [7, 11) is 3.27. The van der Waals surface area contributed by atoms with Crippen LogP contribution in [-0.2, 0) is 0 Å². The largest absolute Gasteiger partial charge is 0.495 e. The summed E-state index contributed by atoms with van der Waals surface area (Å²) in [4.78, 5) is 0. The Morgan fingerprint density at radius 1 is 1.25 bits per heavy atom. The molecule has 1 saturated heterocycles. The van der Waals surface area contributed by atoms with E-state index in [1.54, 1.807) is 14.2 Å². The fourth-order valence-corrected chi connectivity index (χ4v) is 4.18. The number of thioether (sulfide) groups is 1. The quantitative estimate of drug-likeness (QED) is 0.897. The molecule has 0 aromatic heterocycles. The zero-order chi connectivity index (χ0) is 14.8. The zero-order valence-corrected chi connectivity index (χ0v) is 14.0. The Labute approximate surface area is 130 Å². The first-order valence-corrected chi connectivity index (χ1v) is 8.27. The number of nitrogens with one attached hydrogen (secondary N) is 1. The SMILES string of the molecule is COc1cc(OC)c(NC2CSCCC2(C)C)cc1Cl. The highest BCUT2D eigenvalue weighted by atomic mass is 35.5. The Balaban J connectivity index is 2.26. The van der Waals surface area contributed by atoms with Crippen LogP contribution in [0, 0.1) is 5.41 Å². The lowest BCUT2D eigenvalue weighted by atomic mass is 9.82. The van der Waals surface area contributed by atoms with Gasteiger partial charge in [0, 0.05) is 17.9 Å². The van der Waals surface area contributed by atoms with Crippen molar-refractivity contribution in [2.75, 3.05) is 31.0 Å². The number of halogens is 1. The molecule has 1 fully saturated rings. The minimum Gasteiger partial charge on any atom is -0.495 e. The highest BCUT2D eigenvalue weighted by Crippen LogP contribution is 2.40. The number of rotatable bonds is 4. The predicted octanol–water partition coefficient (Wildman–Crippen LogP) is 4.30. The van der Waals surface area contributed by atoms with Crippen LogP contribution in [-0.4, -0.2) is 31.8 Å². The van der Waals surface area contributed by atoms with E-state index in [4.69, 9.17) is 21.1 Å². The van der Waals surface area contributed by atoms with Gasteiger partial charge in [-0.1, -0.05) is 25.4 Å². The van der Waals surface area contributed by atoms with Crippen molar-refractivity contribution < 1.29 is 9.47 Å². The van der Waals surface area contributed by atoms with Gasteiger partial charge in [0.1, 0.15) is 11.5 Å². The summed E-state index contributed by atoms with van der Waals surface area (Å²) >= 11 is 8.21. The van der Waals surface area contributed by atoms with E-state index in [1.165, 1.54) is 12.2 Å². The van der Waals surface area contributed by atoms with Gasteiger partial charge < -0.3 is 14.8 Å². The third kappa shape index (κ3) is 3.29. The molecule has 1 N–H and O–H groups in total. The molecule has 0 amide bonds. The van der Waals surface area contributed by atoms with Crippen molar-refractivity contribution in [1.82, 2.24) is 0 Å². The van der Waals surface area contributed by atoms with Crippen LogP contribution in [0.15, 0.2) is 12.1 Å². The normalized spacial score (nSPS) is 21.4. The minimum atomic E-state index is 0.267. The molecule has 1 aliphatic heterocycles. The van der Waals surface area contributed by atoms with Crippen LogP contribution >= 0.6 is 23.4 Å². The summed E-state index contributed by atoms with van der Waals surface area (Å²) < 4.78 is 10.7. The lowest BCUT2D eigenvalue weighted by molar-refractivity contribution is 0.304. The lowest BCUT2D eigenvalue weighted by Crippen LogP contribution is -2.41. The van der Waals surface area contributed by atoms with E-state index in [2.05, 4.69) is 19.2 Å². The Morgan fingerprint density at radius 3 is 2.55 bits per heavy atom. The monoisotopic (exact) mass is 315 g/mol. The molecule has 3 nitrogen and oxygen atoms in total. The van der Waals surface area contributed by atoms with Crippen LogP contribution in [0.3, 0.4) is 0 Å². The lowest BCUT2D eigenvalue weighted by Gasteiger charge is -2.39. The van der Waals surface area contributed by atoms with Crippen molar-refractivity contribution >= 4 is 29.1 Å². The number of ether oxygens (including phenoxy) is 2. The molecule has 0 bridgehead atoms. The molecule has 1 aromatic carbocycles. The van der Waals surface area contributed by atoms with Gasteiger partial charge >= 0.3 is 0 Å². The first kappa shape index (κ1) is 15.6. The fourth-order valence-electron chi connectivity index (χ4n) is 2.33. The Hall–Kier alpha value is -0.740. The second kappa shape index (κ2) is 6.35. The Bertz CT molecular complexity index is 479. The van der Waals surface area contributed by atoms with Crippen molar-refractivity contribution in [3.05, 3.63) is 17.2 Å². The highest BCUT2D eigenvalue weighted by molar-refractivity contribution is 7.99. The van der Waals surface area contributed by atoms with Gasteiger partial charge in [0.25, 0.3) is 0 Å². The van der Waals surface area contributed by atoms with Crippen molar-refractivity contribution in [1.29, 1.82) is 0 Å². The average Bonchev–Trinajstić information content (AvgIpc) is 2.41. The summed E-state index contributed by atoms with van der Waals surface area (Å²) in [5.41, 5.74) is 1.20. The molecule has 0 spiro atoms. The molecular weight excluding hydrogens is 294 g/mol. The van der Waals surface area contributed by atoms with Gasteiger partial charge in [-0.2, -0.15) is 11.8 Å². The molecule has 1 atom stereocenters. The van der Waals surface area contributed by atoms with E-state index in [0.29, 0.717) is 16.8 Å². The number of anilines is 1. The molecule has 2 rings (SSSR count). The van der Waals surface area contributed by atoms with Crippen LogP contribution in [0.5, 0.6) is 11.5 Å². The smallest absolute Gasteiger partial charge is 0.145 e. The van der Waals surface area contributed by atoms with E-state index in [9.17, 15) is 0 Å². The molecule has 1 aromatic rings. The van der Waals surface area contributed by atoms with E-state index < -0.39 is 0 Å². The highest BCUT2D eigenvalue weighted by Gasteiger charge is 2.33. The van der Waals surface area contributed by atoms with Crippen molar-refractivity contribution in [2.45, 2.75) is 26.3 Å². The van der Waals surface area contributed by atoms with Crippen LogP contribution in [0.25, 0.3) is 0 Å². The number of hydrogen-bond donors (Lipinski definition) is 1. The third-order valence-corrected chi connectivity index (χ3v) is 5.28. The van der Waals surface area contributed by atoms with Crippen molar-refractivity contribution in [3.8, 4) is 11.5 Å². The molecule has 20 heavy (non-hydrogen) atoms. The van der Waals surface area contributed by atoms with Gasteiger partial charge in [-0.15, -0.1) is 0 Å². The van der Waals surface area contributed by atoms with Gasteiger partial charge in [-0.05, 0) is 23.7 Å². The van der Waals surface area contributed by atoms with Crippen molar-refractivity contribution in [3.63, 3.8) is 0 Å². The number of hydrogen-bond acceptors (Lipinski definition) is 4. The second-order valence-corrected chi connectivity index (χ2v) is 7.25. The van der Waals surface area contributed by atoms with Crippen LogP contribution in [0.1, 0.15) is 20.3 Å². The Kier molecular flexibility index (Phi) is 4.97. The molecule has 1 unspecified atom stereocenters. The molecule has 0 aliphatic carbocycles. The van der Waals surface area contributed by atoms with Gasteiger partial charge in [-0.25, -0.2) is 0 Å². The average molecular weight is 316 g/mol. The zero-order valence-electron chi connectivity index (χ0n) is 12.5. The molecule has 0 saturated carbocycles. The summed E-state index contributed by atoms with van der Waals surface area (Å²) in [6.45, 7) is 4.62. The van der Waals surface area contributed by atoms with Crippen LogP contribution in [0.2, 0.25) is 5.02 Å². The van der Waals surface area contributed by atoms with E-state index >= 15 is 0 Å². The molecule has 112 valence electrons. The van der Waals surface area contributed by atoms with Gasteiger partial charge in [0.2, 0.25) is 0 Å². The topological polar surface area (TPSA) is 30.5 Å². The summed E-state index contributed by atoms with van der Waals surface area (Å²) in [5, 5.41) is 4.19.